The minimum Gasteiger partial charge on any atom is -0.203 e. The Morgan fingerprint density at radius 1 is 0.806 bits per heavy atom. The Bertz CT molecular complexity index is 1170. The van der Waals surface area contributed by atoms with Gasteiger partial charge in [-0.05, 0) is 42.0 Å². The third kappa shape index (κ3) is 2.98. The van der Waals surface area contributed by atoms with E-state index in [0.29, 0.717) is 5.57 Å². The molecular weight excluding hydrogens is 423 g/mol. The number of halogens is 5. The first-order valence-electron chi connectivity index (χ1n) is 10.2. The van der Waals surface area contributed by atoms with E-state index in [9.17, 15) is 22.0 Å². The topological polar surface area (TPSA) is 0 Å². The summed E-state index contributed by atoms with van der Waals surface area (Å²) in [6.07, 6.45) is 4.15. The standard InChI is InChI=1S/C25H23F5Si/c1-12-13(2)18(19-20(26)22(28)24(30)23(29)21(19)27)25(14(12)3)31(4,5)17-11-10-15-8-6-7-9-16(15)17/h6-11,14,17H,1-5H3. The number of allylic oxidation sites excluding steroid dienone is 5. The van der Waals surface area contributed by atoms with Crippen molar-refractivity contribution in [2.75, 3.05) is 0 Å². The Hall–Kier alpha value is -2.47. The van der Waals surface area contributed by atoms with Crippen LogP contribution in [-0.2, 0) is 0 Å². The Kier molecular flexibility index (Phi) is 5.12. The average Bonchev–Trinajstić information content (AvgIpc) is 3.27. The fraction of sp³-hybridized carbons (Fsp3) is 0.280. The molecule has 0 amide bonds. The fourth-order valence-corrected chi connectivity index (χ4v) is 9.47. The Labute approximate surface area is 179 Å². The SMILES string of the molecule is CC1=C(C)C(C)C([Si](C)(C)C2C=Cc3ccccc32)=C1c1c(F)c(F)c(F)c(F)c1F. The highest BCUT2D eigenvalue weighted by atomic mass is 28.3. The number of fused-ring (bicyclic) bond motifs is 1. The zero-order valence-electron chi connectivity index (χ0n) is 18.0. The van der Waals surface area contributed by atoms with Crippen molar-refractivity contribution in [3.05, 3.63) is 92.5 Å². The maximum Gasteiger partial charge on any atom is 0.200 e. The van der Waals surface area contributed by atoms with E-state index >= 15 is 0 Å². The van der Waals surface area contributed by atoms with Crippen LogP contribution in [0, 0.1) is 35.0 Å². The van der Waals surface area contributed by atoms with Crippen molar-refractivity contribution >= 4 is 19.7 Å². The lowest BCUT2D eigenvalue weighted by Crippen LogP contribution is -2.39. The summed E-state index contributed by atoms with van der Waals surface area (Å²) in [5.74, 6) is -9.62. The number of benzene rings is 2. The van der Waals surface area contributed by atoms with Crippen LogP contribution in [0.4, 0.5) is 22.0 Å². The molecule has 0 saturated heterocycles. The highest BCUT2D eigenvalue weighted by Crippen LogP contribution is 2.52. The summed E-state index contributed by atoms with van der Waals surface area (Å²) in [7, 11) is -2.50. The van der Waals surface area contributed by atoms with E-state index in [0.717, 1.165) is 21.9 Å². The minimum atomic E-state index is -2.50. The summed E-state index contributed by atoms with van der Waals surface area (Å²) in [4.78, 5) is 0. The van der Waals surface area contributed by atoms with Crippen LogP contribution in [0.15, 0.2) is 46.7 Å². The summed E-state index contributed by atoms with van der Waals surface area (Å²) < 4.78 is 71.7. The monoisotopic (exact) mass is 446 g/mol. The molecule has 2 aromatic carbocycles. The van der Waals surface area contributed by atoms with Crippen LogP contribution in [0.2, 0.25) is 13.1 Å². The highest BCUT2D eigenvalue weighted by Gasteiger charge is 2.45. The molecule has 0 heterocycles. The van der Waals surface area contributed by atoms with E-state index in [-0.39, 0.29) is 17.0 Å². The maximum atomic E-state index is 14.9. The van der Waals surface area contributed by atoms with Crippen LogP contribution in [-0.4, -0.2) is 8.07 Å². The quantitative estimate of drug-likeness (QED) is 0.196. The van der Waals surface area contributed by atoms with Crippen LogP contribution in [0.1, 0.15) is 43.0 Å². The molecule has 2 atom stereocenters. The molecular formula is C25H23F5Si. The van der Waals surface area contributed by atoms with Crippen molar-refractivity contribution in [3.63, 3.8) is 0 Å². The molecule has 0 radical (unpaired) electrons. The first kappa shape index (κ1) is 21.7. The van der Waals surface area contributed by atoms with Gasteiger partial charge in [0.2, 0.25) is 5.82 Å². The third-order valence-electron chi connectivity index (χ3n) is 7.05. The number of rotatable bonds is 3. The lowest BCUT2D eigenvalue weighted by atomic mass is 9.98. The molecule has 2 aliphatic carbocycles. The largest absolute Gasteiger partial charge is 0.203 e. The van der Waals surface area contributed by atoms with Gasteiger partial charge in [-0.2, -0.15) is 0 Å². The zero-order valence-corrected chi connectivity index (χ0v) is 19.0. The van der Waals surface area contributed by atoms with Gasteiger partial charge in [0.05, 0.1) is 13.6 Å². The highest BCUT2D eigenvalue weighted by molar-refractivity contribution is 6.87. The van der Waals surface area contributed by atoms with Crippen LogP contribution in [0.25, 0.3) is 11.6 Å². The van der Waals surface area contributed by atoms with Crippen LogP contribution in [0.3, 0.4) is 0 Å². The Morgan fingerprint density at radius 3 is 1.97 bits per heavy atom. The second-order valence-corrected chi connectivity index (χ2v) is 13.6. The smallest absolute Gasteiger partial charge is 0.200 e. The molecule has 6 heteroatoms. The summed E-state index contributed by atoms with van der Waals surface area (Å²) in [5, 5.41) is 0.817. The van der Waals surface area contributed by atoms with Gasteiger partial charge >= 0.3 is 0 Å². The van der Waals surface area contributed by atoms with Gasteiger partial charge in [-0.3, -0.25) is 0 Å². The summed E-state index contributed by atoms with van der Waals surface area (Å²) in [6, 6.07) is 7.96. The molecule has 0 bridgehead atoms. The molecule has 0 aromatic heterocycles. The first-order chi connectivity index (χ1) is 14.5. The van der Waals surface area contributed by atoms with E-state index in [1.165, 1.54) is 0 Å². The summed E-state index contributed by atoms with van der Waals surface area (Å²) >= 11 is 0. The molecule has 0 fully saturated rings. The molecule has 4 rings (SSSR count). The van der Waals surface area contributed by atoms with Gasteiger partial charge in [0.1, 0.15) is 0 Å². The predicted molar refractivity (Wildman–Crippen MR) is 116 cm³/mol. The van der Waals surface area contributed by atoms with Gasteiger partial charge in [-0.15, -0.1) is 0 Å². The lowest BCUT2D eigenvalue weighted by Gasteiger charge is -2.35. The van der Waals surface area contributed by atoms with Crippen molar-refractivity contribution < 1.29 is 22.0 Å². The summed E-state index contributed by atoms with van der Waals surface area (Å²) in [6.45, 7) is 9.73. The molecule has 2 unspecified atom stereocenters. The predicted octanol–water partition coefficient (Wildman–Crippen LogP) is 7.72. The normalized spacial score (nSPS) is 20.8. The van der Waals surface area contributed by atoms with Crippen molar-refractivity contribution in [2.24, 2.45) is 5.92 Å². The van der Waals surface area contributed by atoms with E-state index < -0.39 is 42.7 Å². The fourth-order valence-electron chi connectivity index (χ4n) is 5.23. The second kappa shape index (κ2) is 7.30. The molecule has 31 heavy (non-hydrogen) atoms. The van der Waals surface area contributed by atoms with Crippen LogP contribution in [0.5, 0.6) is 0 Å². The molecule has 0 nitrogen and oxygen atoms in total. The van der Waals surface area contributed by atoms with Gasteiger partial charge < -0.3 is 0 Å². The van der Waals surface area contributed by atoms with E-state index in [1.807, 2.05) is 44.2 Å². The second-order valence-electron chi connectivity index (χ2n) is 8.95. The molecule has 162 valence electrons. The molecule has 2 aromatic rings. The zero-order chi connectivity index (χ0) is 22.8. The maximum absolute atomic E-state index is 14.9. The molecule has 0 saturated carbocycles. The Balaban J connectivity index is 2.02. The van der Waals surface area contributed by atoms with Gasteiger partial charge in [0.15, 0.2) is 23.3 Å². The van der Waals surface area contributed by atoms with Crippen molar-refractivity contribution in [3.8, 4) is 0 Å². The number of hydrogen-bond acceptors (Lipinski definition) is 0. The van der Waals surface area contributed by atoms with E-state index in [4.69, 9.17) is 0 Å². The van der Waals surface area contributed by atoms with Gasteiger partial charge in [0.25, 0.3) is 0 Å². The number of hydrogen-bond donors (Lipinski definition) is 0. The van der Waals surface area contributed by atoms with Crippen molar-refractivity contribution in [1.82, 2.24) is 0 Å². The summed E-state index contributed by atoms with van der Waals surface area (Å²) in [5.41, 5.74) is 3.13. The van der Waals surface area contributed by atoms with Gasteiger partial charge in [0, 0.05) is 5.54 Å². The van der Waals surface area contributed by atoms with Gasteiger partial charge in [-0.25, -0.2) is 22.0 Å². The lowest BCUT2D eigenvalue weighted by molar-refractivity contribution is 0.376. The minimum absolute atomic E-state index is 0.0381. The van der Waals surface area contributed by atoms with Crippen LogP contribution < -0.4 is 0 Å². The average molecular weight is 447 g/mol. The molecule has 0 spiro atoms. The Morgan fingerprint density at radius 2 is 1.35 bits per heavy atom. The molecule has 2 aliphatic rings. The van der Waals surface area contributed by atoms with E-state index in [2.05, 4.69) is 19.2 Å². The van der Waals surface area contributed by atoms with E-state index in [1.54, 1.807) is 6.92 Å². The molecule has 0 aliphatic heterocycles. The van der Waals surface area contributed by atoms with Crippen molar-refractivity contribution in [1.29, 1.82) is 0 Å². The van der Waals surface area contributed by atoms with Gasteiger partial charge in [-0.1, -0.05) is 67.2 Å². The third-order valence-corrected chi connectivity index (χ3v) is 11.2. The molecule has 0 N–H and O–H groups in total. The first-order valence-corrected chi connectivity index (χ1v) is 13.3. The van der Waals surface area contributed by atoms with Crippen molar-refractivity contribution in [2.45, 2.75) is 39.4 Å². The van der Waals surface area contributed by atoms with Crippen LogP contribution >= 0.6 is 0 Å².